The van der Waals surface area contributed by atoms with Crippen molar-refractivity contribution in [2.24, 2.45) is 0 Å². The first-order chi connectivity index (χ1) is 16.8. The van der Waals surface area contributed by atoms with Gasteiger partial charge in [-0.25, -0.2) is 8.42 Å². The van der Waals surface area contributed by atoms with Crippen molar-refractivity contribution in [3.63, 3.8) is 0 Å². The number of sulfonamides is 1. The van der Waals surface area contributed by atoms with Crippen LogP contribution < -0.4 is 9.62 Å². The Balaban J connectivity index is 1.50. The number of aryl methyl sites for hydroxylation is 2. The van der Waals surface area contributed by atoms with E-state index in [-0.39, 0.29) is 16.8 Å². The summed E-state index contributed by atoms with van der Waals surface area (Å²) in [5.41, 5.74) is 2.84. The van der Waals surface area contributed by atoms with Crippen LogP contribution in [0.25, 0.3) is 10.1 Å². The number of anilines is 1. The Labute approximate surface area is 211 Å². The van der Waals surface area contributed by atoms with Crippen LogP contribution in [0.1, 0.15) is 41.1 Å². The summed E-state index contributed by atoms with van der Waals surface area (Å²) < 4.78 is 28.9. The Bertz CT molecular complexity index is 1410. The number of hydrogen-bond donors (Lipinski definition) is 1. The number of nitrogens with zero attached hydrogens (tertiary/aromatic N) is 1. The highest BCUT2D eigenvalue weighted by Gasteiger charge is 2.24. The van der Waals surface area contributed by atoms with E-state index in [4.69, 9.17) is 0 Å². The second kappa shape index (κ2) is 10.6. The Morgan fingerprint density at radius 2 is 1.71 bits per heavy atom. The fourth-order valence-electron chi connectivity index (χ4n) is 4.02. The summed E-state index contributed by atoms with van der Waals surface area (Å²) in [7, 11) is -3.69. The van der Waals surface area contributed by atoms with Gasteiger partial charge in [-0.15, -0.1) is 11.3 Å². The van der Waals surface area contributed by atoms with Crippen molar-refractivity contribution in [1.82, 2.24) is 5.32 Å². The van der Waals surface area contributed by atoms with E-state index >= 15 is 0 Å². The average molecular weight is 507 g/mol. The molecule has 0 bridgehead atoms. The van der Waals surface area contributed by atoms with Crippen molar-refractivity contribution >= 4 is 43.0 Å². The van der Waals surface area contributed by atoms with E-state index in [9.17, 15) is 13.2 Å². The molecule has 1 N–H and O–H groups in total. The van der Waals surface area contributed by atoms with Crippen LogP contribution in [0.2, 0.25) is 0 Å². The number of rotatable bonds is 9. The first-order valence-corrected chi connectivity index (χ1v) is 14.0. The Hall–Kier alpha value is -3.16. The highest BCUT2D eigenvalue weighted by Crippen LogP contribution is 2.32. The Kier molecular flexibility index (Phi) is 7.57. The summed E-state index contributed by atoms with van der Waals surface area (Å²) in [6, 6.07) is 24.5. The third kappa shape index (κ3) is 5.74. The number of thiophene rings is 1. The highest BCUT2D eigenvalue weighted by molar-refractivity contribution is 7.92. The largest absolute Gasteiger partial charge is 0.349 e. The van der Waals surface area contributed by atoms with Crippen LogP contribution in [0.4, 0.5) is 5.69 Å². The van der Waals surface area contributed by atoms with Gasteiger partial charge in [0, 0.05) is 17.3 Å². The maximum Gasteiger partial charge on any atom is 0.264 e. The van der Waals surface area contributed by atoms with Crippen LogP contribution in [0.3, 0.4) is 0 Å². The highest BCUT2D eigenvalue weighted by atomic mass is 32.2. The molecule has 0 aliphatic heterocycles. The molecule has 3 aromatic carbocycles. The van der Waals surface area contributed by atoms with E-state index in [2.05, 4.69) is 17.4 Å². The monoisotopic (exact) mass is 506 g/mol. The van der Waals surface area contributed by atoms with E-state index < -0.39 is 10.0 Å². The van der Waals surface area contributed by atoms with Crippen LogP contribution in [0, 0.1) is 6.92 Å². The van der Waals surface area contributed by atoms with Crippen molar-refractivity contribution in [3.05, 3.63) is 94.9 Å². The predicted octanol–water partition coefficient (Wildman–Crippen LogP) is 6.18. The zero-order chi connectivity index (χ0) is 25.0. The molecule has 0 aliphatic carbocycles. The summed E-state index contributed by atoms with van der Waals surface area (Å²) in [5, 5.41) is 3.95. The second-order valence-electron chi connectivity index (χ2n) is 8.71. The van der Waals surface area contributed by atoms with Crippen molar-refractivity contribution < 1.29 is 13.2 Å². The quantitative estimate of drug-likeness (QED) is 0.295. The molecule has 4 aromatic rings. The molecule has 1 amide bonds. The van der Waals surface area contributed by atoms with E-state index in [1.807, 2.05) is 57.2 Å². The molecule has 7 heteroatoms. The lowest BCUT2D eigenvalue weighted by atomic mass is 10.1. The number of benzene rings is 3. The molecule has 0 spiro atoms. The van der Waals surface area contributed by atoms with Crippen molar-refractivity contribution in [2.75, 3.05) is 10.8 Å². The zero-order valence-corrected chi connectivity index (χ0v) is 21.8. The smallest absolute Gasteiger partial charge is 0.264 e. The molecule has 182 valence electrons. The molecule has 0 unspecified atom stereocenters. The van der Waals surface area contributed by atoms with Gasteiger partial charge in [-0.05, 0) is 81.0 Å². The zero-order valence-electron chi connectivity index (χ0n) is 20.2. The summed E-state index contributed by atoms with van der Waals surface area (Å²) in [5.74, 6) is -0.104. The number of hydrogen-bond acceptors (Lipinski definition) is 4. The molecule has 1 heterocycles. The number of carbonyl (C=O) groups is 1. The fourth-order valence-corrected chi connectivity index (χ4v) is 6.43. The van der Waals surface area contributed by atoms with Gasteiger partial charge in [0.15, 0.2) is 0 Å². The maximum atomic E-state index is 13.3. The van der Waals surface area contributed by atoms with Gasteiger partial charge in [-0.1, -0.05) is 48.0 Å². The molecule has 0 saturated carbocycles. The Morgan fingerprint density at radius 3 is 2.40 bits per heavy atom. The lowest BCUT2D eigenvalue weighted by Gasteiger charge is -2.23. The van der Waals surface area contributed by atoms with Gasteiger partial charge in [0.05, 0.1) is 15.5 Å². The van der Waals surface area contributed by atoms with Gasteiger partial charge >= 0.3 is 0 Å². The molecule has 0 fully saturated rings. The standard InChI is InChI=1S/C28H30N2O3S2/c1-4-30(35(32,33)25-15-10-20(2)11-16-25)24-14-17-26-23(18-24)19-27(34-26)28(31)29-21(3)12-13-22-8-6-5-7-9-22/h5-11,14-19,21H,4,12-13H2,1-3H3,(H,29,31)/t21-/m1/s1. The van der Waals surface area contributed by atoms with Crippen molar-refractivity contribution in [3.8, 4) is 0 Å². The molecule has 0 saturated heterocycles. The van der Waals surface area contributed by atoms with E-state index in [1.54, 1.807) is 30.3 Å². The summed E-state index contributed by atoms with van der Waals surface area (Å²) in [6.45, 7) is 6.06. The number of carbonyl (C=O) groups excluding carboxylic acids is 1. The summed E-state index contributed by atoms with van der Waals surface area (Å²) in [6.07, 6.45) is 1.76. The Morgan fingerprint density at radius 1 is 1.00 bits per heavy atom. The van der Waals surface area contributed by atoms with Crippen LogP contribution in [0.15, 0.2) is 83.8 Å². The predicted molar refractivity (Wildman–Crippen MR) is 145 cm³/mol. The summed E-state index contributed by atoms with van der Waals surface area (Å²) >= 11 is 1.42. The number of fused-ring (bicyclic) bond motifs is 1. The average Bonchev–Trinajstić information content (AvgIpc) is 3.28. The minimum Gasteiger partial charge on any atom is -0.349 e. The third-order valence-corrected chi connectivity index (χ3v) is 9.03. The fraction of sp³-hybridized carbons (Fsp3) is 0.250. The van der Waals surface area contributed by atoms with E-state index in [0.29, 0.717) is 17.1 Å². The number of nitrogens with one attached hydrogen (secondary N) is 1. The molecule has 5 nitrogen and oxygen atoms in total. The summed E-state index contributed by atoms with van der Waals surface area (Å²) in [4.78, 5) is 13.8. The van der Waals surface area contributed by atoms with Gasteiger partial charge in [-0.3, -0.25) is 9.10 Å². The van der Waals surface area contributed by atoms with Crippen LogP contribution in [0.5, 0.6) is 0 Å². The minimum atomic E-state index is -3.69. The molecule has 4 rings (SSSR count). The molecule has 0 aliphatic rings. The van der Waals surface area contributed by atoms with Gasteiger partial charge in [0.25, 0.3) is 15.9 Å². The molecular formula is C28H30N2O3S2. The molecule has 1 atom stereocenters. The van der Waals surface area contributed by atoms with Gasteiger partial charge in [0.1, 0.15) is 0 Å². The van der Waals surface area contributed by atoms with E-state index in [1.165, 1.54) is 21.2 Å². The van der Waals surface area contributed by atoms with Crippen LogP contribution in [-0.4, -0.2) is 26.9 Å². The topological polar surface area (TPSA) is 66.5 Å². The molecular weight excluding hydrogens is 476 g/mol. The van der Waals surface area contributed by atoms with Crippen LogP contribution >= 0.6 is 11.3 Å². The van der Waals surface area contributed by atoms with Gasteiger partial charge < -0.3 is 5.32 Å². The third-order valence-electron chi connectivity index (χ3n) is 5.99. The first-order valence-electron chi connectivity index (χ1n) is 11.8. The maximum absolute atomic E-state index is 13.3. The van der Waals surface area contributed by atoms with Crippen LogP contribution in [-0.2, 0) is 16.4 Å². The minimum absolute atomic E-state index is 0.0405. The molecule has 35 heavy (non-hydrogen) atoms. The first kappa shape index (κ1) is 24.9. The van der Waals surface area contributed by atoms with Crippen molar-refractivity contribution in [1.29, 1.82) is 0 Å². The SMILES string of the molecule is CCN(c1ccc2sc(C(=O)N[C@H](C)CCc3ccccc3)cc2c1)S(=O)(=O)c1ccc(C)cc1. The van der Waals surface area contributed by atoms with E-state index in [0.717, 1.165) is 28.5 Å². The molecule has 1 aromatic heterocycles. The van der Waals surface area contributed by atoms with Gasteiger partial charge in [0.2, 0.25) is 0 Å². The number of amides is 1. The second-order valence-corrected chi connectivity index (χ2v) is 11.7. The lowest BCUT2D eigenvalue weighted by molar-refractivity contribution is 0.0942. The molecule has 0 radical (unpaired) electrons. The normalized spacial score (nSPS) is 12.4. The van der Waals surface area contributed by atoms with Gasteiger partial charge in [-0.2, -0.15) is 0 Å². The van der Waals surface area contributed by atoms with Crippen molar-refractivity contribution in [2.45, 2.75) is 44.6 Å². The lowest BCUT2D eigenvalue weighted by Crippen LogP contribution is -2.32.